The van der Waals surface area contributed by atoms with E-state index in [-0.39, 0.29) is 0 Å². The molecule has 0 aromatic heterocycles. The predicted molar refractivity (Wildman–Crippen MR) is 67.6 cm³/mol. The van der Waals surface area contributed by atoms with Crippen LogP contribution in [0.3, 0.4) is 0 Å². The summed E-state index contributed by atoms with van der Waals surface area (Å²) < 4.78 is 5.48. The summed E-state index contributed by atoms with van der Waals surface area (Å²) in [6, 6.07) is 6.52. The molecule has 0 saturated heterocycles. The van der Waals surface area contributed by atoms with Crippen LogP contribution in [-0.4, -0.2) is 35.4 Å². The zero-order valence-corrected chi connectivity index (χ0v) is 10.4. The van der Waals surface area contributed by atoms with E-state index in [1.807, 2.05) is 31.2 Å². The van der Waals surface area contributed by atoms with Gasteiger partial charge < -0.3 is 14.9 Å². The second-order valence-electron chi connectivity index (χ2n) is 3.95. The van der Waals surface area contributed by atoms with Crippen LogP contribution in [0.15, 0.2) is 24.3 Å². The molecule has 100 valence electrons. The second-order valence-corrected chi connectivity index (χ2v) is 3.95. The van der Waals surface area contributed by atoms with Gasteiger partial charge in [-0.2, -0.15) is 0 Å². The highest BCUT2D eigenvalue weighted by Crippen LogP contribution is 2.13. The molecule has 1 rings (SSSR count). The topological polar surface area (TPSA) is 78.8 Å². The van der Waals surface area contributed by atoms with E-state index in [9.17, 15) is 4.79 Å². The third-order valence-electron chi connectivity index (χ3n) is 2.40. The van der Waals surface area contributed by atoms with Crippen LogP contribution in [0.25, 0.3) is 0 Å². The highest BCUT2D eigenvalue weighted by molar-refractivity contribution is 5.73. The normalized spacial score (nSPS) is 12.1. The molecule has 1 unspecified atom stereocenters. The van der Waals surface area contributed by atoms with Gasteiger partial charge in [0.25, 0.3) is 0 Å². The maximum atomic E-state index is 10.7. The lowest BCUT2D eigenvalue weighted by Crippen LogP contribution is -2.39. The summed E-state index contributed by atoms with van der Waals surface area (Å²) in [7, 11) is 0. The third kappa shape index (κ3) is 4.73. The van der Waals surface area contributed by atoms with E-state index in [0.29, 0.717) is 13.2 Å². The number of carbonyl (C=O) groups is 1. The van der Waals surface area contributed by atoms with Crippen LogP contribution < -0.4 is 10.1 Å². The molecule has 1 aromatic carbocycles. The van der Waals surface area contributed by atoms with E-state index in [4.69, 9.17) is 14.9 Å². The zero-order chi connectivity index (χ0) is 13.4. The van der Waals surface area contributed by atoms with Gasteiger partial charge in [-0.25, -0.2) is 0 Å². The highest BCUT2D eigenvalue weighted by atomic mass is 16.5. The van der Waals surface area contributed by atoms with Gasteiger partial charge in [-0.1, -0.05) is 19.1 Å². The van der Waals surface area contributed by atoms with Gasteiger partial charge in [0.1, 0.15) is 11.8 Å². The Morgan fingerprint density at radius 3 is 2.89 bits per heavy atom. The second kappa shape index (κ2) is 7.68. The van der Waals surface area contributed by atoms with Crippen molar-refractivity contribution in [1.29, 1.82) is 0 Å². The first-order valence-corrected chi connectivity index (χ1v) is 5.96. The van der Waals surface area contributed by atoms with Gasteiger partial charge >= 0.3 is 5.97 Å². The van der Waals surface area contributed by atoms with Crippen LogP contribution in [0.2, 0.25) is 0 Å². The van der Waals surface area contributed by atoms with Crippen molar-refractivity contribution in [1.82, 2.24) is 5.32 Å². The summed E-state index contributed by atoms with van der Waals surface area (Å²) in [6.45, 7) is 2.64. The largest absolute Gasteiger partial charge is 0.494 e. The Bertz CT molecular complexity index is 381. The predicted octanol–water partition coefficient (Wildman–Crippen LogP) is 1.01. The Balaban J connectivity index is 2.53. The Morgan fingerprint density at radius 1 is 1.50 bits per heavy atom. The van der Waals surface area contributed by atoms with Crippen molar-refractivity contribution in [3.8, 4) is 5.75 Å². The summed E-state index contributed by atoms with van der Waals surface area (Å²) in [4.78, 5) is 10.7. The summed E-state index contributed by atoms with van der Waals surface area (Å²) in [5.41, 5.74) is 0.920. The molecule has 0 amide bonds. The van der Waals surface area contributed by atoms with Crippen LogP contribution in [-0.2, 0) is 11.3 Å². The van der Waals surface area contributed by atoms with Gasteiger partial charge in [-0.3, -0.25) is 10.1 Å². The third-order valence-corrected chi connectivity index (χ3v) is 2.40. The minimum Gasteiger partial charge on any atom is -0.494 e. The average Bonchev–Trinajstić information content (AvgIpc) is 2.37. The molecule has 0 radical (unpaired) electrons. The number of nitrogens with one attached hydrogen (secondary N) is 1. The number of aliphatic hydroxyl groups excluding tert-OH is 1. The molecule has 1 atom stereocenters. The number of carboxylic acids is 1. The summed E-state index contributed by atoms with van der Waals surface area (Å²) in [5, 5.41) is 20.4. The number of rotatable bonds is 8. The minimum absolute atomic E-state index is 0.376. The van der Waals surface area contributed by atoms with E-state index < -0.39 is 18.6 Å². The SMILES string of the molecule is CCCOc1cccc(CNC(CO)C(=O)O)c1. The lowest BCUT2D eigenvalue weighted by Gasteiger charge is -2.12. The number of hydrogen-bond acceptors (Lipinski definition) is 4. The van der Waals surface area contributed by atoms with E-state index in [1.54, 1.807) is 0 Å². The van der Waals surface area contributed by atoms with Crippen LogP contribution in [0.4, 0.5) is 0 Å². The minimum atomic E-state index is -1.06. The van der Waals surface area contributed by atoms with Crippen molar-refractivity contribution in [3.63, 3.8) is 0 Å². The van der Waals surface area contributed by atoms with Crippen molar-refractivity contribution in [2.45, 2.75) is 25.9 Å². The van der Waals surface area contributed by atoms with Crippen LogP contribution >= 0.6 is 0 Å². The van der Waals surface area contributed by atoms with Crippen molar-refractivity contribution >= 4 is 5.97 Å². The van der Waals surface area contributed by atoms with E-state index >= 15 is 0 Å². The Hall–Kier alpha value is -1.59. The molecular weight excluding hydrogens is 234 g/mol. The summed E-state index contributed by atoms with van der Waals surface area (Å²) >= 11 is 0. The zero-order valence-electron chi connectivity index (χ0n) is 10.4. The first-order chi connectivity index (χ1) is 8.67. The molecule has 0 aliphatic rings. The van der Waals surface area contributed by atoms with Crippen LogP contribution in [0.1, 0.15) is 18.9 Å². The number of aliphatic hydroxyl groups is 1. The van der Waals surface area contributed by atoms with E-state index in [2.05, 4.69) is 5.32 Å². The monoisotopic (exact) mass is 253 g/mol. The first kappa shape index (κ1) is 14.5. The molecule has 0 fully saturated rings. The molecule has 3 N–H and O–H groups in total. The number of aliphatic carboxylic acids is 1. The maximum absolute atomic E-state index is 10.7. The fraction of sp³-hybridized carbons (Fsp3) is 0.462. The summed E-state index contributed by atoms with van der Waals surface area (Å²) in [5.74, 6) is -0.289. The lowest BCUT2D eigenvalue weighted by molar-refractivity contribution is -0.140. The lowest BCUT2D eigenvalue weighted by atomic mass is 10.2. The number of carboxylic acid groups (broad SMARTS) is 1. The van der Waals surface area contributed by atoms with Crippen molar-refractivity contribution < 1.29 is 19.7 Å². The van der Waals surface area contributed by atoms with Gasteiger partial charge in [-0.05, 0) is 24.1 Å². The van der Waals surface area contributed by atoms with Crippen molar-refractivity contribution in [2.24, 2.45) is 0 Å². The smallest absolute Gasteiger partial charge is 0.323 e. The Kier molecular flexibility index (Phi) is 6.18. The molecule has 18 heavy (non-hydrogen) atoms. The van der Waals surface area contributed by atoms with Gasteiger partial charge in [0.15, 0.2) is 0 Å². The molecule has 0 saturated carbocycles. The Labute approximate surface area is 106 Å². The first-order valence-electron chi connectivity index (χ1n) is 5.96. The van der Waals surface area contributed by atoms with E-state index in [1.165, 1.54) is 0 Å². The molecule has 5 nitrogen and oxygen atoms in total. The maximum Gasteiger partial charge on any atom is 0.323 e. The fourth-order valence-corrected chi connectivity index (χ4v) is 1.44. The molecule has 1 aromatic rings. The average molecular weight is 253 g/mol. The highest BCUT2D eigenvalue weighted by Gasteiger charge is 2.14. The molecular formula is C13H19NO4. The van der Waals surface area contributed by atoms with Gasteiger partial charge in [0, 0.05) is 6.54 Å². The molecule has 0 heterocycles. The van der Waals surface area contributed by atoms with Crippen LogP contribution in [0, 0.1) is 0 Å². The molecule has 0 aliphatic heterocycles. The molecule has 0 bridgehead atoms. The van der Waals surface area contributed by atoms with E-state index in [0.717, 1.165) is 17.7 Å². The van der Waals surface area contributed by atoms with Gasteiger partial charge in [-0.15, -0.1) is 0 Å². The fourth-order valence-electron chi connectivity index (χ4n) is 1.44. The quantitative estimate of drug-likeness (QED) is 0.644. The standard InChI is InChI=1S/C13H19NO4/c1-2-6-18-11-5-3-4-10(7-11)8-14-12(9-15)13(16)17/h3-5,7,12,14-15H,2,6,8-9H2,1H3,(H,16,17). The molecule has 0 spiro atoms. The number of benzene rings is 1. The van der Waals surface area contributed by atoms with Gasteiger partial charge in [0.05, 0.1) is 13.2 Å². The molecule has 5 heteroatoms. The van der Waals surface area contributed by atoms with Crippen LogP contribution in [0.5, 0.6) is 5.75 Å². The Morgan fingerprint density at radius 2 is 2.28 bits per heavy atom. The van der Waals surface area contributed by atoms with Gasteiger partial charge in [0.2, 0.25) is 0 Å². The van der Waals surface area contributed by atoms with Crippen molar-refractivity contribution in [2.75, 3.05) is 13.2 Å². The molecule has 0 aliphatic carbocycles. The number of ether oxygens (including phenoxy) is 1. The van der Waals surface area contributed by atoms with Crippen molar-refractivity contribution in [3.05, 3.63) is 29.8 Å². The summed E-state index contributed by atoms with van der Waals surface area (Å²) in [6.07, 6.45) is 0.939. The number of hydrogen-bond donors (Lipinski definition) is 3.